The highest BCUT2D eigenvalue weighted by atomic mass is 16.7. The van der Waals surface area contributed by atoms with E-state index in [2.05, 4.69) is 0 Å². The summed E-state index contributed by atoms with van der Waals surface area (Å²) in [7, 11) is 0. The lowest BCUT2D eigenvalue weighted by Gasteiger charge is -2.49. The molecule has 0 amide bonds. The molecule has 11 heteroatoms. The van der Waals surface area contributed by atoms with Crippen molar-refractivity contribution in [2.24, 2.45) is 0 Å². The normalized spacial score (nSPS) is 41.0. The third kappa shape index (κ3) is 4.70. The van der Waals surface area contributed by atoms with Crippen LogP contribution in [0.15, 0.2) is 42.5 Å². The van der Waals surface area contributed by atoms with Crippen LogP contribution < -0.4 is 0 Å². The molecule has 2 heterocycles. The number of benzene rings is 2. The molecule has 0 aromatic heterocycles. The van der Waals surface area contributed by atoms with Gasteiger partial charge in [0.05, 0.1) is 13.2 Å². The van der Waals surface area contributed by atoms with Crippen molar-refractivity contribution in [2.45, 2.75) is 67.3 Å². The standard InChI is InChI=1S/C23H30O11/c24-9-14-16(26)17(27)18(28)22(32-14)33-20-15(10-25)34-23(31,21(30)19(20)29)8-11-5-6-12-3-1-2-4-13(12)7-11/h1-7,14-22,24-31H,8-10H2/t14-,15-,16+,17+,18-,19+,20-,21-,22+,23-/m1/s1. The maximum Gasteiger partial charge on any atom is 0.199 e. The SMILES string of the molecule is OC[C@H]1O[C@@H](O[C@H]2[C@H](O)[C@@H](O)[C@@](O)(Cc3ccc4ccccc4c3)O[C@@H]2CO)[C@H](O)[C@@H](O)[C@H]1O. The zero-order valence-electron chi connectivity index (χ0n) is 18.2. The van der Waals surface area contributed by atoms with E-state index in [9.17, 15) is 40.9 Å². The Bertz CT molecular complexity index is 969. The second kappa shape index (κ2) is 10.1. The monoisotopic (exact) mass is 482 g/mol. The molecule has 0 saturated carbocycles. The molecule has 2 aliphatic rings. The number of ether oxygens (including phenoxy) is 3. The minimum absolute atomic E-state index is 0.209. The van der Waals surface area contributed by atoms with Crippen LogP contribution in [0.2, 0.25) is 0 Å². The van der Waals surface area contributed by atoms with Gasteiger partial charge < -0.3 is 55.1 Å². The predicted molar refractivity (Wildman–Crippen MR) is 115 cm³/mol. The molecule has 8 N–H and O–H groups in total. The topological polar surface area (TPSA) is 190 Å². The molecule has 34 heavy (non-hydrogen) atoms. The minimum atomic E-state index is -2.27. The maximum absolute atomic E-state index is 11.1. The van der Waals surface area contributed by atoms with Crippen LogP contribution in [0.4, 0.5) is 0 Å². The molecule has 2 aromatic carbocycles. The van der Waals surface area contributed by atoms with Crippen LogP contribution in [-0.4, -0.2) is 115 Å². The number of hydrogen-bond donors (Lipinski definition) is 8. The number of aliphatic hydroxyl groups is 8. The first-order chi connectivity index (χ1) is 16.2. The Morgan fingerprint density at radius 2 is 1.47 bits per heavy atom. The molecule has 0 spiro atoms. The lowest BCUT2D eigenvalue weighted by Crippen LogP contribution is -2.68. The van der Waals surface area contributed by atoms with Crippen molar-refractivity contribution < 1.29 is 55.1 Å². The Morgan fingerprint density at radius 1 is 0.794 bits per heavy atom. The molecule has 2 aromatic rings. The molecule has 0 radical (unpaired) electrons. The van der Waals surface area contributed by atoms with Gasteiger partial charge in [-0.25, -0.2) is 0 Å². The summed E-state index contributed by atoms with van der Waals surface area (Å²) in [5.74, 6) is -2.27. The first-order valence-corrected chi connectivity index (χ1v) is 11.0. The van der Waals surface area contributed by atoms with Crippen molar-refractivity contribution in [1.82, 2.24) is 0 Å². The Kier molecular flexibility index (Phi) is 7.53. The van der Waals surface area contributed by atoms with Crippen LogP contribution in [0.25, 0.3) is 10.8 Å². The van der Waals surface area contributed by atoms with Crippen LogP contribution in [0, 0.1) is 0 Å². The third-order valence-electron chi connectivity index (χ3n) is 6.44. The van der Waals surface area contributed by atoms with Crippen LogP contribution in [0.5, 0.6) is 0 Å². The van der Waals surface area contributed by atoms with E-state index in [4.69, 9.17) is 14.2 Å². The number of aliphatic hydroxyl groups excluding tert-OH is 7. The first-order valence-electron chi connectivity index (χ1n) is 11.0. The largest absolute Gasteiger partial charge is 0.394 e. The molecule has 0 unspecified atom stereocenters. The van der Waals surface area contributed by atoms with E-state index in [-0.39, 0.29) is 6.42 Å². The van der Waals surface area contributed by atoms with E-state index in [0.717, 1.165) is 10.8 Å². The molecular weight excluding hydrogens is 452 g/mol. The fraction of sp³-hybridized carbons (Fsp3) is 0.565. The van der Waals surface area contributed by atoms with Crippen molar-refractivity contribution in [3.63, 3.8) is 0 Å². The highest BCUT2D eigenvalue weighted by molar-refractivity contribution is 5.83. The van der Waals surface area contributed by atoms with Gasteiger partial charge in [-0.05, 0) is 16.3 Å². The second-order valence-electron chi connectivity index (χ2n) is 8.78. The Hall–Kier alpha value is -1.74. The second-order valence-corrected chi connectivity index (χ2v) is 8.78. The molecule has 11 nitrogen and oxygen atoms in total. The average Bonchev–Trinajstić information content (AvgIpc) is 2.84. The van der Waals surface area contributed by atoms with E-state index in [0.29, 0.717) is 5.56 Å². The molecule has 0 bridgehead atoms. The molecule has 2 fully saturated rings. The molecular formula is C23H30O11. The predicted octanol–water partition coefficient (Wildman–Crippen LogP) is -2.63. The third-order valence-corrected chi connectivity index (χ3v) is 6.44. The van der Waals surface area contributed by atoms with Crippen molar-refractivity contribution in [2.75, 3.05) is 13.2 Å². The molecule has 10 atom stereocenters. The summed E-state index contributed by atoms with van der Waals surface area (Å²) in [6.07, 6.45) is -14.7. The quantitative estimate of drug-likeness (QED) is 0.215. The average molecular weight is 482 g/mol. The van der Waals surface area contributed by atoms with Crippen LogP contribution >= 0.6 is 0 Å². The fourth-order valence-electron chi connectivity index (χ4n) is 4.50. The highest BCUT2D eigenvalue weighted by Gasteiger charge is 2.55. The van der Waals surface area contributed by atoms with Crippen molar-refractivity contribution in [3.8, 4) is 0 Å². The van der Waals surface area contributed by atoms with E-state index < -0.39 is 74.1 Å². The van der Waals surface area contributed by atoms with Gasteiger partial charge in [0.15, 0.2) is 12.1 Å². The van der Waals surface area contributed by atoms with Crippen LogP contribution in [-0.2, 0) is 20.6 Å². The van der Waals surface area contributed by atoms with Gasteiger partial charge in [0.1, 0.15) is 48.8 Å². The molecule has 2 saturated heterocycles. The first kappa shape index (κ1) is 25.4. The van der Waals surface area contributed by atoms with E-state index in [1.807, 2.05) is 30.3 Å². The van der Waals surface area contributed by atoms with Gasteiger partial charge in [0.2, 0.25) is 0 Å². The van der Waals surface area contributed by atoms with Crippen molar-refractivity contribution >= 4 is 10.8 Å². The van der Waals surface area contributed by atoms with Gasteiger partial charge in [-0.2, -0.15) is 0 Å². The summed E-state index contributed by atoms with van der Waals surface area (Å²) < 4.78 is 16.4. The van der Waals surface area contributed by atoms with Crippen LogP contribution in [0.1, 0.15) is 5.56 Å². The lowest BCUT2D eigenvalue weighted by atomic mass is 9.88. The van der Waals surface area contributed by atoms with Gasteiger partial charge in [-0.1, -0.05) is 42.5 Å². The summed E-state index contributed by atoms with van der Waals surface area (Å²) in [4.78, 5) is 0. The van der Waals surface area contributed by atoms with Gasteiger partial charge in [0.25, 0.3) is 0 Å². The van der Waals surface area contributed by atoms with Crippen molar-refractivity contribution in [3.05, 3.63) is 48.0 Å². The van der Waals surface area contributed by atoms with E-state index in [1.165, 1.54) is 0 Å². The van der Waals surface area contributed by atoms with Gasteiger partial charge >= 0.3 is 0 Å². The number of fused-ring (bicyclic) bond motifs is 1. The summed E-state index contributed by atoms with van der Waals surface area (Å²) in [6, 6.07) is 12.9. The Balaban J connectivity index is 1.52. The summed E-state index contributed by atoms with van der Waals surface area (Å²) in [6.45, 7) is -1.42. The summed E-state index contributed by atoms with van der Waals surface area (Å²) >= 11 is 0. The van der Waals surface area contributed by atoms with Gasteiger partial charge in [-0.3, -0.25) is 0 Å². The Morgan fingerprint density at radius 3 is 2.15 bits per heavy atom. The highest BCUT2D eigenvalue weighted by Crippen LogP contribution is 2.35. The fourth-order valence-corrected chi connectivity index (χ4v) is 4.50. The molecule has 4 rings (SSSR count). The van der Waals surface area contributed by atoms with Crippen LogP contribution in [0.3, 0.4) is 0 Å². The van der Waals surface area contributed by atoms with Crippen molar-refractivity contribution in [1.29, 1.82) is 0 Å². The molecule has 0 aliphatic carbocycles. The lowest BCUT2D eigenvalue weighted by molar-refractivity contribution is -0.383. The number of rotatable bonds is 6. The van der Waals surface area contributed by atoms with E-state index in [1.54, 1.807) is 12.1 Å². The molecule has 2 aliphatic heterocycles. The summed E-state index contributed by atoms with van der Waals surface area (Å²) in [5, 5.41) is 83.7. The maximum atomic E-state index is 11.1. The van der Waals surface area contributed by atoms with E-state index >= 15 is 0 Å². The Labute approximate surface area is 195 Å². The zero-order valence-corrected chi connectivity index (χ0v) is 18.2. The smallest absolute Gasteiger partial charge is 0.199 e. The number of hydrogen-bond acceptors (Lipinski definition) is 11. The minimum Gasteiger partial charge on any atom is -0.394 e. The summed E-state index contributed by atoms with van der Waals surface area (Å²) in [5.41, 5.74) is 0.609. The zero-order chi connectivity index (χ0) is 24.6. The molecule has 188 valence electrons. The van der Waals surface area contributed by atoms with Gasteiger partial charge in [0, 0.05) is 6.42 Å². The van der Waals surface area contributed by atoms with Gasteiger partial charge in [-0.15, -0.1) is 0 Å².